The molecule has 0 aromatic carbocycles. The molecule has 1 unspecified atom stereocenters. The minimum Gasteiger partial charge on any atom is -0.381 e. The first-order valence-corrected chi connectivity index (χ1v) is 7.14. The predicted molar refractivity (Wildman–Crippen MR) is 74.1 cm³/mol. The van der Waals surface area contributed by atoms with E-state index >= 15 is 0 Å². The van der Waals surface area contributed by atoms with Gasteiger partial charge in [-0.25, -0.2) is 4.98 Å². The van der Waals surface area contributed by atoms with E-state index in [4.69, 9.17) is 9.47 Å². The molecule has 0 saturated carbocycles. The van der Waals surface area contributed by atoms with Gasteiger partial charge in [-0.1, -0.05) is 6.92 Å². The van der Waals surface area contributed by atoms with Crippen molar-refractivity contribution < 1.29 is 9.47 Å². The highest BCUT2D eigenvalue weighted by atomic mass is 16.5. The van der Waals surface area contributed by atoms with Gasteiger partial charge in [0.2, 0.25) is 0 Å². The monoisotopic (exact) mass is 267 g/mol. The molecule has 1 fully saturated rings. The van der Waals surface area contributed by atoms with Crippen molar-refractivity contribution in [2.75, 3.05) is 26.9 Å². The average Bonchev–Trinajstić information content (AvgIpc) is 2.93. The molecule has 1 N–H and O–H groups in total. The fourth-order valence-corrected chi connectivity index (χ4v) is 2.89. The number of aromatic nitrogens is 2. The summed E-state index contributed by atoms with van der Waals surface area (Å²) in [6.45, 7) is 7.58. The highest BCUT2D eigenvalue weighted by Crippen LogP contribution is 2.36. The smallest absolute Gasteiger partial charge is 0.128 e. The van der Waals surface area contributed by atoms with Gasteiger partial charge in [-0.2, -0.15) is 0 Å². The zero-order chi connectivity index (χ0) is 13.7. The van der Waals surface area contributed by atoms with Crippen LogP contribution < -0.4 is 5.32 Å². The molecule has 1 atom stereocenters. The van der Waals surface area contributed by atoms with E-state index in [0.717, 1.165) is 45.0 Å². The molecule has 19 heavy (non-hydrogen) atoms. The molecule has 2 rings (SSSR count). The molecule has 1 aliphatic heterocycles. The van der Waals surface area contributed by atoms with Crippen molar-refractivity contribution in [1.29, 1.82) is 0 Å². The van der Waals surface area contributed by atoms with Gasteiger partial charge < -0.3 is 19.4 Å². The van der Waals surface area contributed by atoms with Gasteiger partial charge >= 0.3 is 0 Å². The van der Waals surface area contributed by atoms with Crippen LogP contribution in [0, 0.1) is 0 Å². The largest absolute Gasteiger partial charge is 0.381 e. The third kappa shape index (κ3) is 2.83. The summed E-state index contributed by atoms with van der Waals surface area (Å²) in [5, 5.41) is 3.56. The summed E-state index contributed by atoms with van der Waals surface area (Å²) in [7, 11) is 1.80. The Morgan fingerprint density at radius 2 is 2.21 bits per heavy atom. The summed E-state index contributed by atoms with van der Waals surface area (Å²) >= 11 is 0. The Hall–Kier alpha value is -0.910. The Morgan fingerprint density at radius 1 is 1.47 bits per heavy atom. The highest BCUT2D eigenvalue weighted by Gasteiger charge is 2.43. The average molecular weight is 267 g/mol. The maximum atomic E-state index is 5.92. The van der Waals surface area contributed by atoms with Crippen LogP contribution in [0.5, 0.6) is 0 Å². The maximum absolute atomic E-state index is 5.92. The van der Waals surface area contributed by atoms with E-state index in [9.17, 15) is 0 Å². The second-order valence-corrected chi connectivity index (χ2v) is 4.94. The second-order valence-electron chi connectivity index (χ2n) is 4.94. The van der Waals surface area contributed by atoms with Gasteiger partial charge in [0.05, 0.1) is 11.6 Å². The number of nitrogens with zero attached hydrogens (tertiary/aromatic N) is 2. The molecular weight excluding hydrogens is 242 g/mol. The minimum absolute atomic E-state index is 0.112. The normalized spacial score (nSPS) is 20.4. The fourth-order valence-electron chi connectivity index (χ4n) is 2.89. The van der Waals surface area contributed by atoms with Gasteiger partial charge in [-0.15, -0.1) is 0 Å². The molecule has 2 heterocycles. The number of hydrogen-bond acceptors (Lipinski definition) is 4. The van der Waals surface area contributed by atoms with E-state index in [1.807, 2.05) is 12.4 Å². The van der Waals surface area contributed by atoms with Gasteiger partial charge in [0, 0.05) is 52.1 Å². The highest BCUT2D eigenvalue weighted by molar-refractivity contribution is 5.09. The van der Waals surface area contributed by atoms with Crippen LogP contribution in [0.25, 0.3) is 0 Å². The van der Waals surface area contributed by atoms with Gasteiger partial charge in [-0.05, 0) is 13.5 Å². The lowest BCUT2D eigenvalue weighted by Crippen LogP contribution is -2.50. The van der Waals surface area contributed by atoms with Crippen molar-refractivity contribution in [3.8, 4) is 0 Å². The van der Waals surface area contributed by atoms with Crippen LogP contribution in [0.4, 0.5) is 0 Å². The van der Waals surface area contributed by atoms with Gasteiger partial charge in [-0.3, -0.25) is 0 Å². The van der Waals surface area contributed by atoms with Crippen LogP contribution in [0.1, 0.15) is 38.6 Å². The molecule has 0 spiro atoms. The lowest BCUT2D eigenvalue weighted by molar-refractivity contribution is -0.113. The van der Waals surface area contributed by atoms with E-state index in [0.29, 0.717) is 0 Å². The van der Waals surface area contributed by atoms with Crippen molar-refractivity contribution >= 4 is 0 Å². The van der Waals surface area contributed by atoms with E-state index < -0.39 is 0 Å². The van der Waals surface area contributed by atoms with E-state index in [1.165, 1.54) is 0 Å². The second kappa shape index (κ2) is 6.50. The van der Waals surface area contributed by atoms with Crippen molar-refractivity contribution in [2.24, 2.45) is 0 Å². The molecule has 0 bridgehead atoms. The van der Waals surface area contributed by atoms with Crippen LogP contribution in [0.3, 0.4) is 0 Å². The molecule has 0 amide bonds. The zero-order valence-corrected chi connectivity index (χ0v) is 12.2. The molecule has 5 heteroatoms. The summed E-state index contributed by atoms with van der Waals surface area (Å²) < 4.78 is 13.6. The zero-order valence-electron chi connectivity index (χ0n) is 12.2. The molecular formula is C14H25N3O2. The van der Waals surface area contributed by atoms with Crippen molar-refractivity contribution in [2.45, 2.75) is 44.9 Å². The predicted octanol–water partition coefficient (Wildman–Crippen LogP) is 1.75. The summed E-state index contributed by atoms with van der Waals surface area (Å²) in [6.07, 6.45) is 5.70. The number of imidazole rings is 1. The Morgan fingerprint density at radius 3 is 2.79 bits per heavy atom. The number of nitrogens with one attached hydrogen (secondary N) is 1. The van der Waals surface area contributed by atoms with E-state index in [-0.39, 0.29) is 11.6 Å². The van der Waals surface area contributed by atoms with Crippen LogP contribution in [-0.2, 0) is 16.0 Å². The van der Waals surface area contributed by atoms with Gasteiger partial charge in [0.15, 0.2) is 0 Å². The lowest BCUT2D eigenvalue weighted by Gasteiger charge is -2.42. The van der Waals surface area contributed by atoms with Crippen LogP contribution in [0.2, 0.25) is 0 Å². The topological polar surface area (TPSA) is 48.3 Å². The number of aryl methyl sites for hydroxylation is 1. The minimum atomic E-state index is -0.216. The van der Waals surface area contributed by atoms with Crippen LogP contribution in [-0.4, -0.2) is 42.0 Å². The lowest BCUT2D eigenvalue weighted by atomic mass is 9.85. The Labute approximate surface area is 115 Å². The number of likely N-dealkylation sites (N-methyl/N-ethyl adjacent to an activating group) is 1. The standard InChI is InChI=1S/C14H25N3O2/c1-4-15-12(13-16-8-9-17(13)5-2)14(18-3)6-10-19-11-7-14/h8-9,12,15H,4-7,10-11H2,1-3H3. The van der Waals surface area contributed by atoms with Crippen LogP contribution >= 0.6 is 0 Å². The molecule has 1 saturated heterocycles. The Kier molecular flexibility index (Phi) is 4.96. The number of methoxy groups -OCH3 is 1. The van der Waals surface area contributed by atoms with E-state index in [2.05, 4.69) is 28.7 Å². The molecule has 1 aromatic heterocycles. The summed E-state index contributed by atoms with van der Waals surface area (Å²) in [4.78, 5) is 4.55. The summed E-state index contributed by atoms with van der Waals surface area (Å²) in [6, 6.07) is 0.112. The van der Waals surface area contributed by atoms with Crippen molar-refractivity contribution in [3.05, 3.63) is 18.2 Å². The molecule has 1 aliphatic rings. The number of hydrogen-bond donors (Lipinski definition) is 1. The molecule has 0 radical (unpaired) electrons. The van der Waals surface area contributed by atoms with Crippen molar-refractivity contribution in [3.63, 3.8) is 0 Å². The number of rotatable bonds is 6. The molecule has 0 aliphatic carbocycles. The SMILES string of the molecule is CCNC(c1nccn1CC)C1(OC)CCOCC1. The third-order valence-corrected chi connectivity index (χ3v) is 4.03. The summed E-state index contributed by atoms with van der Waals surface area (Å²) in [5.74, 6) is 1.06. The third-order valence-electron chi connectivity index (χ3n) is 4.03. The van der Waals surface area contributed by atoms with E-state index in [1.54, 1.807) is 7.11 Å². The molecule has 1 aromatic rings. The van der Waals surface area contributed by atoms with Gasteiger partial charge in [0.25, 0.3) is 0 Å². The Bertz CT molecular complexity index is 386. The first-order chi connectivity index (χ1) is 9.27. The van der Waals surface area contributed by atoms with Crippen LogP contribution in [0.15, 0.2) is 12.4 Å². The molecule has 108 valence electrons. The summed E-state index contributed by atoms with van der Waals surface area (Å²) in [5.41, 5.74) is -0.216. The van der Waals surface area contributed by atoms with Gasteiger partial charge in [0.1, 0.15) is 5.82 Å². The first kappa shape index (κ1) is 14.5. The quantitative estimate of drug-likeness (QED) is 0.853. The number of ether oxygens (including phenoxy) is 2. The van der Waals surface area contributed by atoms with Crippen molar-refractivity contribution in [1.82, 2.24) is 14.9 Å². The maximum Gasteiger partial charge on any atom is 0.128 e. The Balaban J connectivity index is 2.32. The first-order valence-electron chi connectivity index (χ1n) is 7.14. The molecule has 5 nitrogen and oxygen atoms in total. The fraction of sp³-hybridized carbons (Fsp3) is 0.786.